The van der Waals surface area contributed by atoms with Gasteiger partial charge in [0.05, 0.1) is 6.04 Å². The molecule has 3 heteroatoms. The smallest absolute Gasteiger partial charge is 0.134 e. The van der Waals surface area contributed by atoms with Gasteiger partial charge in [0, 0.05) is 17.8 Å². The van der Waals surface area contributed by atoms with Crippen LogP contribution < -0.4 is 5.73 Å². The maximum absolute atomic E-state index is 6.19. The number of furan rings is 1. The molecule has 0 spiro atoms. The van der Waals surface area contributed by atoms with Gasteiger partial charge in [-0.3, -0.25) is 4.98 Å². The highest BCUT2D eigenvalue weighted by Crippen LogP contribution is 2.24. The number of pyridine rings is 1. The van der Waals surface area contributed by atoms with Crippen LogP contribution in [-0.4, -0.2) is 4.98 Å². The van der Waals surface area contributed by atoms with E-state index in [9.17, 15) is 0 Å². The van der Waals surface area contributed by atoms with Crippen molar-refractivity contribution in [2.75, 3.05) is 0 Å². The molecule has 0 aliphatic heterocycles. The SMILES string of the molecule is NC(CCc1cccnc1)c1cc2ccccc2o1. The first-order chi connectivity index (χ1) is 9.33. The Kier molecular flexibility index (Phi) is 3.29. The monoisotopic (exact) mass is 252 g/mol. The molecule has 0 radical (unpaired) electrons. The Morgan fingerprint density at radius 1 is 1.16 bits per heavy atom. The first-order valence-electron chi connectivity index (χ1n) is 6.46. The lowest BCUT2D eigenvalue weighted by molar-refractivity contribution is 0.478. The largest absolute Gasteiger partial charge is 0.459 e. The third-order valence-electron chi connectivity index (χ3n) is 3.28. The summed E-state index contributed by atoms with van der Waals surface area (Å²) in [7, 11) is 0. The summed E-state index contributed by atoms with van der Waals surface area (Å²) in [6, 6.07) is 13.9. The zero-order chi connectivity index (χ0) is 13.1. The molecular formula is C16H16N2O. The number of hydrogen-bond acceptors (Lipinski definition) is 3. The molecule has 2 aromatic heterocycles. The molecule has 0 saturated carbocycles. The molecule has 0 saturated heterocycles. The molecule has 1 atom stereocenters. The third kappa shape index (κ3) is 2.66. The van der Waals surface area contributed by atoms with Crippen LogP contribution >= 0.6 is 0 Å². The van der Waals surface area contributed by atoms with E-state index in [2.05, 4.69) is 11.1 Å². The number of para-hydroxylation sites is 1. The summed E-state index contributed by atoms with van der Waals surface area (Å²) in [6.07, 6.45) is 5.42. The molecular weight excluding hydrogens is 236 g/mol. The van der Waals surface area contributed by atoms with Crippen molar-refractivity contribution < 1.29 is 4.42 Å². The van der Waals surface area contributed by atoms with E-state index in [-0.39, 0.29) is 6.04 Å². The van der Waals surface area contributed by atoms with Gasteiger partial charge < -0.3 is 10.2 Å². The van der Waals surface area contributed by atoms with Crippen LogP contribution in [-0.2, 0) is 6.42 Å². The van der Waals surface area contributed by atoms with Gasteiger partial charge in [-0.2, -0.15) is 0 Å². The van der Waals surface area contributed by atoms with E-state index in [0.717, 1.165) is 29.6 Å². The van der Waals surface area contributed by atoms with Crippen molar-refractivity contribution in [1.82, 2.24) is 4.98 Å². The number of rotatable bonds is 4. The summed E-state index contributed by atoms with van der Waals surface area (Å²) in [5.74, 6) is 0.852. The van der Waals surface area contributed by atoms with E-state index in [1.165, 1.54) is 5.56 Å². The Balaban J connectivity index is 1.71. The summed E-state index contributed by atoms with van der Waals surface area (Å²) in [5.41, 5.74) is 8.29. The number of nitrogens with zero attached hydrogens (tertiary/aromatic N) is 1. The molecule has 0 aliphatic rings. The molecule has 0 bridgehead atoms. The van der Waals surface area contributed by atoms with Crippen molar-refractivity contribution in [3.05, 3.63) is 66.2 Å². The molecule has 96 valence electrons. The summed E-state index contributed by atoms with van der Waals surface area (Å²) in [6.45, 7) is 0. The summed E-state index contributed by atoms with van der Waals surface area (Å²) >= 11 is 0. The van der Waals surface area contributed by atoms with Gasteiger partial charge in [0.25, 0.3) is 0 Å². The fraction of sp³-hybridized carbons (Fsp3) is 0.188. The van der Waals surface area contributed by atoms with E-state index >= 15 is 0 Å². The molecule has 3 rings (SSSR count). The summed E-state index contributed by atoms with van der Waals surface area (Å²) < 4.78 is 5.78. The van der Waals surface area contributed by atoms with Crippen molar-refractivity contribution in [3.63, 3.8) is 0 Å². The second-order valence-corrected chi connectivity index (χ2v) is 4.69. The second kappa shape index (κ2) is 5.24. The second-order valence-electron chi connectivity index (χ2n) is 4.69. The van der Waals surface area contributed by atoms with Gasteiger partial charge in [-0.05, 0) is 36.6 Å². The molecule has 0 fully saturated rings. The molecule has 1 unspecified atom stereocenters. The fourth-order valence-corrected chi connectivity index (χ4v) is 2.20. The number of nitrogens with two attached hydrogens (primary N) is 1. The number of fused-ring (bicyclic) bond motifs is 1. The molecule has 1 aromatic carbocycles. The van der Waals surface area contributed by atoms with Crippen molar-refractivity contribution in [3.8, 4) is 0 Å². The van der Waals surface area contributed by atoms with Gasteiger partial charge >= 0.3 is 0 Å². The topological polar surface area (TPSA) is 52.0 Å². The zero-order valence-electron chi connectivity index (χ0n) is 10.6. The quantitative estimate of drug-likeness (QED) is 0.773. The average molecular weight is 252 g/mol. The van der Waals surface area contributed by atoms with Gasteiger partial charge in [0.1, 0.15) is 11.3 Å². The first-order valence-corrected chi connectivity index (χ1v) is 6.46. The Morgan fingerprint density at radius 2 is 2.05 bits per heavy atom. The number of benzene rings is 1. The highest BCUT2D eigenvalue weighted by molar-refractivity contribution is 5.77. The maximum Gasteiger partial charge on any atom is 0.134 e. The molecule has 2 heterocycles. The predicted octanol–water partition coefficient (Wildman–Crippen LogP) is 3.46. The highest BCUT2D eigenvalue weighted by Gasteiger charge is 2.11. The summed E-state index contributed by atoms with van der Waals surface area (Å²) in [5, 5.41) is 1.11. The lowest BCUT2D eigenvalue weighted by atomic mass is 10.1. The van der Waals surface area contributed by atoms with Crippen molar-refractivity contribution >= 4 is 11.0 Å². The Hall–Kier alpha value is -2.13. The standard InChI is InChI=1S/C16H16N2O/c17-14(8-7-12-4-3-9-18-11-12)16-10-13-5-1-2-6-15(13)19-16/h1-6,9-11,14H,7-8,17H2. The zero-order valence-corrected chi connectivity index (χ0v) is 10.6. The molecule has 0 amide bonds. The lowest BCUT2D eigenvalue weighted by Gasteiger charge is -2.07. The van der Waals surface area contributed by atoms with E-state index in [0.29, 0.717) is 0 Å². The van der Waals surface area contributed by atoms with Gasteiger partial charge in [-0.25, -0.2) is 0 Å². The van der Waals surface area contributed by atoms with E-state index in [4.69, 9.17) is 10.2 Å². The number of aryl methyl sites for hydroxylation is 1. The lowest BCUT2D eigenvalue weighted by Crippen LogP contribution is -2.10. The third-order valence-corrected chi connectivity index (χ3v) is 3.28. The maximum atomic E-state index is 6.19. The Morgan fingerprint density at radius 3 is 2.84 bits per heavy atom. The van der Waals surface area contributed by atoms with Crippen LogP contribution in [0.5, 0.6) is 0 Å². The number of aromatic nitrogens is 1. The minimum absolute atomic E-state index is 0.0763. The average Bonchev–Trinajstić information content (AvgIpc) is 2.90. The van der Waals surface area contributed by atoms with Gasteiger partial charge in [0.2, 0.25) is 0 Å². The minimum Gasteiger partial charge on any atom is -0.459 e. The van der Waals surface area contributed by atoms with Crippen LogP contribution in [0.2, 0.25) is 0 Å². The fourth-order valence-electron chi connectivity index (χ4n) is 2.20. The van der Waals surface area contributed by atoms with Crippen molar-refractivity contribution in [1.29, 1.82) is 0 Å². The van der Waals surface area contributed by atoms with E-state index in [1.807, 2.05) is 42.6 Å². The molecule has 3 nitrogen and oxygen atoms in total. The first kappa shape index (κ1) is 11.9. The normalized spacial score (nSPS) is 12.7. The van der Waals surface area contributed by atoms with E-state index in [1.54, 1.807) is 6.20 Å². The predicted molar refractivity (Wildman–Crippen MR) is 75.7 cm³/mol. The van der Waals surface area contributed by atoms with Crippen molar-refractivity contribution in [2.24, 2.45) is 5.73 Å². The van der Waals surface area contributed by atoms with Crippen LogP contribution in [0.25, 0.3) is 11.0 Å². The van der Waals surface area contributed by atoms with E-state index < -0.39 is 0 Å². The molecule has 0 aliphatic carbocycles. The highest BCUT2D eigenvalue weighted by atomic mass is 16.3. The molecule has 19 heavy (non-hydrogen) atoms. The summed E-state index contributed by atoms with van der Waals surface area (Å²) in [4.78, 5) is 4.11. The molecule has 3 aromatic rings. The van der Waals surface area contributed by atoms with Crippen LogP contribution in [0.4, 0.5) is 0 Å². The van der Waals surface area contributed by atoms with Crippen LogP contribution in [0.1, 0.15) is 23.8 Å². The Bertz CT molecular complexity index is 628. The van der Waals surface area contributed by atoms with Gasteiger partial charge in [-0.15, -0.1) is 0 Å². The molecule has 2 N–H and O–H groups in total. The number of hydrogen-bond donors (Lipinski definition) is 1. The van der Waals surface area contributed by atoms with Crippen LogP contribution in [0.3, 0.4) is 0 Å². The van der Waals surface area contributed by atoms with Crippen LogP contribution in [0.15, 0.2) is 59.3 Å². The van der Waals surface area contributed by atoms with Crippen molar-refractivity contribution in [2.45, 2.75) is 18.9 Å². The van der Waals surface area contributed by atoms with Gasteiger partial charge in [-0.1, -0.05) is 24.3 Å². The van der Waals surface area contributed by atoms with Gasteiger partial charge in [0.15, 0.2) is 0 Å². The minimum atomic E-state index is -0.0763. The van der Waals surface area contributed by atoms with Crippen LogP contribution in [0, 0.1) is 0 Å². The Labute approximate surface area is 112 Å².